The van der Waals surface area contributed by atoms with Gasteiger partial charge in [-0.1, -0.05) is 116 Å². The molecule has 0 bridgehead atoms. The summed E-state index contributed by atoms with van der Waals surface area (Å²) < 4.78 is 5.85. The molecule has 3 heteroatoms. The lowest BCUT2D eigenvalue weighted by Gasteiger charge is -2.35. The minimum Gasteiger partial charge on any atom is -0.204 e. The van der Waals surface area contributed by atoms with Crippen LogP contribution in [0.15, 0.2) is 36.4 Å². The molecule has 47 heavy (non-hydrogen) atoms. The molecule has 2 heterocycles. The topological polar surface area (TPSA) is 6.02 Å². The Morgan fingerprint density at radius 3 is 1.30 bits per heavy atom. The van der Waals surface area contributed by atoms with E-state index in [0.29, 0.717) is 17.8 Å². The van der Waals surface area contributed by atoms with Crippen LogP contribution < -0.4 is 0 Å². The summed E-state index contributed by atoms with van der Waals surface area (Å²) in [5.74, 6) is 1.43. The van der Waals surface area contributed by atoms with Gasteiger partial charge in [0.25, 0.3) is 0 Å². The van der Waals surface area contributed by atoms with Crippen LogP contribution in [-0.2, 0) is 0 Å². The third-order valence-electron chi connectivity index (χ3n) is 12.9. The Bertz CT molecular complexity index is 1530. The lowest BCUT2D eigenvalue weighted by Crippen LogP contribution is -2.46. The van der Waals surface area contributed by atoms with Gasteiger partial charge in [0.15, 0.2) is 11.1 Å². The van der Waals surface area contributed by atoms with Crippen molar-refractivity contribution >= 4 is 29.9 Å². The summed E-state index contributed by atoms with van der Waals surface area (Å²) in [4.78, 5) is 0. The molecule has 2 fully saturated rings. The molecule has 0 unspecified atom stereocenters. The van der Waals surface area contributed by atoms with Gasteiger partial charge in [0.2, 0.25) is 11.4 Å². The van der Waals surface area contributed by atoms with Crippen LogP contribution in [0.25, 0.3) is 0 Å². The first-order valence-corrected chi connectivity index (χ1v) is 19.6. The van der Waals surface area contributed by atoms with Crippen molar-refractivity contribution in [2.24, 2.45) is 10.8 Å². The van der Waals surface area contributed by atoms with E-state index in [2.05, 4.69) is 129 Å². The summed E-state index contributed by atoms with van der Waals surface area (Å²) in [7, 11) is 2.87. The number of hydrogen-bond acceptors (Lipinski definition) is 0. The average molecular weight is 634 g/mol. The highest BCUT2D eigenvalue weighted by molar-refractivity contribution is 6.99. The molecule has 2 nitrogen and oxygen atoms in total. The molecule has 253 valence electrons. The average Bonchev–Trinajstić information content (AvgIpc) is 3.34. The van der Waals surface area contributed by atoms with Crippen molar-refractivity contribution in [1.82, 2.24) is 0 Å². The predicted molar refractivity (Wildman–Crippen MR) is 204 cm³/mol. The predicted octanol–water partition coefficient (Wildman–Crippen LogP) is 12.1. The number of hydrogen-bond donors (Lipinski definition) is 0. The van der Waals surface area contributed by atoms with Crippen molar-refractivity contribution in [2.75, 3.05) is 0 Å². The van der Waals surface area contributed by atoms with Gasteiger partial charge in [-0.25, -0.2) is 9.15 Å². The summed E-state index contributed by atoms with van der Waals surface area (Å²) in [6, 6.07) is 14.3. The lowest BCUT2D eigenvalue weighted by atomic mass is 9.47. The Morgan fingerprint density at radius 1 is 0.532 bits per heavy atom. The SMILES string of the molecule is Cc1cccc(C(C)C)c1[N+]1=C([B]C2=[N+](c3c(C(C)C)cccc3C(C)C)C(C)(C)CC23CCCCC3)C2(CCCCC2)CC1(C)C. The second-order valence-corrected chi connectivity index (χ2v) is 18.5. The van der Waals surface area contributed by atoms with Gasteiger partial charge in [-0.3, -0.25) is 0 Å². The second kappa shape index (κ2) is 12.6. The van der Waals surface area contributed by atoms with Gasteiger partial charge in [-0.05, 0) is 50.4 Å². The highest BCUT2D eigenvalue weighted by Gasteiger charge is 2.63. The zero-order valence-corrected chi connectivity index (χ0v) is 32.2. The normalized spacial score (nSPS) is 23.3. The molecular formula is C44H66BN2+2. The standard InChI is InChI=1S/C44H66BN2/c1-30(2)34-21-18-20-33(7)37(34)46-39(43(28-41(46,8)9)24-14-12-15-25-43)45-40-44(26-16-13-17-27-44)29-42(10,11)47(40)38-35(31(3)4)22-19-23-36(38)32(5)6/h18-23,30-32H,12-17,24-29H2,1-11H3/q+2. The summed E-state index contributed by atoms with van der Waals surface area (Å²) in [6.45, 7) is 27.0. The Balaban J connectivity index is 1.72. The minimum atomic E-state index is 0.0444. The fourth-order valence-electron chi connectivity index (χ4n) is 11.1. The Kier molecular flexibility index (Phi) is 9.32. The van der Waals surface area contributed by atoms with Gasteiger partial charge in [-0.15, -0.1) is 0 Å². The van der Waals surface area contributed by atoms with Crippen LogP contribution >= 0.6 is 0 Å². The van der Waals surface area contributed by atoms with Crippen molar-refractivity contribution in [3.63, 3.8) is 0 Å². The van der Waals surface area contributed by atoms with E-state index in [1.54, 1.807) is 11.2 Å². The van der Waals surface area contributed by atoms with Crippen LogP contribution in [0, 0.1) is 17.8 Å². The van der Waals surface area contributed by atoms with E-state index in [4.69, 9.17) is 0 Å². The second-order valence-electron chi connectivity index (χ2n) is 18.5. The van der Waals surface area contributed by atoms with Gasteiger partial charge in [-0.2, -0.15) is 0 Å². The quantitative estimate of drug-likeness (QED) is 0.211. The van der Waals surface area contributed by atoms with E-state index < -0.39 is 0 Å². The molecule has 2 aliphatic heterocycles. The van der Waals surface area contributed by atoms with Gasteiger partial charge in [0.1, 0.15) is 11.2 Å². The molecule has 0 amide bonds. The number of nitrogens with zero attached hydrogens (tertiary/aromatic N) is 2. The van der Waals surface area contributed by atoms with Crippen molar-refractivity contribution in [3.05, 3.63) is 58.7 Å². The highest BCUT2D eigenvalue weighted by atomic mass is 15.2. The zero-order valence-electron chi connectivity index (χ0n) is 32.2. The van der Waals surface area contributed by atoms with Gasteiger partial charge in [0, 0.05) is 73.6 Å². The van der Waals surface area contributed by atoms with E-state index in [-0.39, 0.29) is 21.9 Å². The summed E-state index contributed by atoms with van der Waals surface area (Å²) in [5.41, 5.74) is 12.8. The summed E-state index contributed by atoms with van der Waals surface area (Å²) in [5, 5.41) is 0. The largest absolute Gasteiger partial charge is 0.359 e. The summed E-state index contributed by atoms with van der Waals surface area (Å²) in [6.07, 6.45) is 16.0. The molecular weight excluding hydrogens is 567 g/mol. The number of para-hydroxylation sites is 2. The fourth-order valence-corrected chi connectivity index (χ4v) is 11.1. The maximum Gasteiger partial charge on any atom is 0.359 e. The molecule has 0 atom stereocenters. The lowest BCUT2D eigenvalue weighted by molar-refractivity contribution is -0.516. The molecule has 1 radical (unpaired) electrons. The van der Waals surface area contributed by atoms with Crippen LogP contribution in [0.3, 0.4) is 0 Å². The van der Waals surface area contributed by atoms with Crippen LogP contribution in [-0.4, -0.2) is 38.7 Å². The number of benzene rings is 2. The van der Waals surface area contributed by atoms with Crippen LogP contribution in [0.2, 0.25) is 0 Å². The molecule has 4 aliphatic rings. The molecule has 2 aliphatic carbocycles. The molecule has 0 aromatic heterocycles. The monoisotopic (exact) mass is 634 g/mol. The first kappa shape index (κ1) is 34.7. The Morgan fingerprint density at radius 2 is 0.894 bits per heavy atom. The minimum absolute atomic E-state index is 0.0444. The third-order valence-corrected chi connectivity index (χ3v) is 12.9. The first-order valence-electron chi connectivity index (χ1n) is 19.6. The molecule has 2 aromatic rings. The zero-order chi connectivity index (χ0) is 33.9. The molecule has 0 N–H and O–H groups in total. The van der Waals surface area contributed by atoms with E-state index in [1.165, 1.54) is 111 Å². The number of aryl methyl sites for hydroxylation is 1. The molecule has 2 aromatic carbocycles. The smallest absolute Gasteiger partial charge is 0.204 e. The van der Waals surface area contributed by atoms with Crippen molar-refractivity contribution in [1.29, 1.82) is 0 Å². The van der Waals surface area contributed by atoms with Crippen molar-refractivity contribution in [3.8, 4) is 0 Å². The van der Waals surface area contributed by atoms with Gasteiger partial charge < -0.3 is 0 Å². The molecule has 2 spiro atoms. The maximum absolute atomic E-state index is 2.94. The maximum atomic E-state index is 2.94. The molecule has 6 rings (SSSR count). The van der Waals surface area contributed by atoms with Crippen LogP contribution in [0.5, 0.6) is 0 Å². The van der Waals surface area contributed by atoms with Crippen molar-refractivity contribution < 1.29 is 9.15 Å². The van der Waals surface area contributed by atoms with E-state index >= 15 is 0 Å². The van der Waals surface area contributed by atoms with E-state index in [9.17, 15) is 0 Å². The Hall–Kier alpha value is -2.16. The fraction of sp³-hybridized carbons (Fsp3) is 0.682. The summed E-state index contributed by atoms with van der Waals surface area (Å²) >= 11 is 0. The van der Waals surface area contributed by atoms with Crippen LogP contribution in [0.4, 0.5) is 11.4 Å². The van der Waals surface area contributed by atoms with E-state index in [1.807, 2.05) is 0 Å². The van der Waals surface area contributed by atoms with Crippen molar-refractivity contribution in [2.45, 2.75) is 182 Å². The first-order chi connectivity index (χ1) is 22.1. The number of rotatable bonds is 7. The van der Waals surface area contributed by atoms with Gasteiger partial charge >= 0.3 is 7.28 Å². The molecule has 0 saturated heterocycles. The molecule has 2 saturated carbocycles. The third kappa shape index (κ3) is 5.92. The highest BCUT2D eigenvalue weighted by Crippen LogP contribution is 2.56. The Labute approximate surface area is 289 Å². The van der Waals surface area contributed by atoms with E-state index in [0.717, 1.165) is 0 Å². The van der Waals surface area contributed by atoms with Gasteiger partial charge in [0.05, 0.1) is 0 Å². The van der Waals surface area contributed by atoms with Crippen LogP contribution in [0.1, 0.15) is 186 Å².